The first-order chi connectivity index (χ1) is 35.5. The number of hydrogen-bond acceptors (Lipinski definition) is 8. The van der Waals surface area contributed by atoms with Crippen molar-refractivity contribution in [3.63, 3.8) is 0 Å². The van der Waals surface area contributed by atoms with Crippen molar-refractivity contribution in [3.05, 3.63) is 34.4 Å². The summed E-state index contributed by atoms with van der Waals surface area (Å²) in [5.41, 5.74) is 0.972. The number of carbonyl (C=O) groups excluding carboxylic acids is 2. The Kier molecular flexibility index (Phi) is 32.1. The van der Waals surface area contributed by atoms with E-state index in [0.29, 0.717) is 121 Å². The Morgan fingerprint density at radius 2 is 0.595 bits per heavy atom. The molecule has 0 aliphatic heterocycles. The fourth-order valence-corrected chi connectivity index (χ4v) is 10.0. The minimum absolute atomic E-state index is 0.231. The minimum atomic E-state index is -0.302. The molecular weight excluding hydrogens is 921 g/mol. The average molecular weight is 1030 g/mol. The van der Waals surface area contributed by atoms with E-state index in [1.807, 2.05) is 0 Å². The smallest absolute Gasteiger partial charge is 0.204 e. The van der Waals surface area contributed by atoms with Gasteiger partial charge in [-0.2, -0.15) is 0 Å². The summed E-state index contributed by atoms with van der Waals surface area (Å²) in [7, 11) is 0. The van der Waals surface area contributed by atoms with Gasteiger partial charge in [0, 0.05) is 11.1 Å². The molecule has 1 aliphatic rings. The number of benzene rings is 2. The van der Waals surface area contributed by atoms with Crippen LogP contribution in [0.4, 0.5) is 0 Å². The number of ketones is 2. The largest absolute Gasteiger partial charge is 0.490 e. The van der Waals surface area contributed by atoms with Crippen LogP contribution in [0, 0.1) is 47.3 Å². The van der Waals surface area contributed by atoms with E-state index < -0.39 is 0 Å². The van der Waals surface area contributed by atoms with Crippen LogP contribution in [-0.2, 0) is 0 Å². The Balaban J connectivity index is 2.25. The van der Waals surface area contributed by atoms with Crippen LogP contribution in [0.25, 0.3) is 0 Å². The van der Waals surface area contributed by atoms with Gasteiger partial charge in [-0.3, -0.25) is 9.59 Å². The van der Waals surface area contributed by atoms with Gasteiger partial charge in [-0.05, 0) is 98.0 Å². The van der Waals surface area contributed by atoms with Gasteiger partial charge in [-0.1, -0.05) is 213 Å². The van der Waals surface area contributed by atoms with Crippen molar-refractivity contribution in [1.29, 1.82) is 0 Å². The lowest BCUT2D eigenvalue weighted by Gasteiger charge is -2.28. The molecule has 0 spiro atoms. The van der Waals surface area contributed by atoms with E-state index >= 15 is 9.59 Å². The highest BCUT2D eigenvalue weighted by molar-refractivity contribution is 6.31. The minimum Gasteiger partial charge on any atom is -0.490 e. The topological polar surface area (TPSA) is 89.5 Å². The summed E-state index contributed by atoms with van der Waals surface area (Å²) < 4.78 is 40.7. The van der Waals surface area contributed by atoms with Crippen LogP contribution in [0.2, 0.25) is 0 Å². The molecule has 0 radical (unpaired) electrons. The second-order valence-corrected chi connectivity index (χ2v) is 24.7. The van der Waals surface area contributed by atoms with E-state index in [1.165, 1.54) is 51.4 Å². The Hall–Kier alpha value is -3.42. The summed E-state index contributed by atoms with van der Waals surface area (Å²) in [5.74, 6) is 6.31. The van der Waals surface area contributed by atoms with Crippen molar-refractivity contribution in [2.24, 2.45) is 47.3 Å². The molecule has 0 bridgehead atoms. The van der Waals surface area contributed by atoms with Gasteiger partial charge >= 0.3 is 0 Å². The lowest BCUT2D eigenvalue weighted by atomic mass is 9.82. The zero-order valence-electron chi connectivity index (χ0n) is 50.3. The zero-order valence-corrected chi connectivity index (χ0v) is 50.3. The first kappa shape index (κ1) is 64.9. The summed E-state index contributed by atoms with van der Waals surface area (Å²) in [4.78, 5) is 31.3. The predicted molar refractivity (Wildman–Crippen MR) is 311 cm³/mol. The first-order valence-corrected chi connectivity index (χ1v) is 30.8. The van der Waals surface area contributed by atoms with E-state index in [4.69, 9.17) is 28.4 Å². The van der Waals surface area contributed by atoms with E-state index in [-0.39, 0.29) is 33.8 Å². The fraction of sp³-hybridized carbons (Fsp3) is 0.788. The molecule has 0 N–H and O–H groups in total. The summed E-state index contributed by atoms with van der Waals surface area (Å²) >= 11 is 0. The summed E-state index contributed by atoms with van der Waals surface area (Å²) in [6, 6.07) is 3.53. The Morgan fingerprint density at radius 1 is 0.311 bits per heavy atom. The van der Waals surface area contributed by atoms with E-state index in [1.54, 1.807) is 12.1 Å². The van der Waals surface area contributed by atoms with Crippen molar-refractivity contribution in [1.82, 2.24) is 0 Å². The molecule has 0 fully saturated rings. The molecule has 1 aliphatic carbocycles. The molecular formula is C66H112O8. The van der Waals surface area contributed by atoms with Crippen LogP contribution >= 0.6 is 0 Å². The van der Waals surface area contributed by atoms with Crippen LogP contribution in [-0.4, -0.2) is 51.2 Å². The molecule has 0 saturated carbocycles. The number of rotatable bonds is 44. The molecule has 0 aromatic heterocycles. The number of unbranched alkanes of at least 4 members (excludes halogenated alkanes) is 6. The van der Waals surface area contributed by atoms with Crippen molar-refractivity contribution >= 4 is 11.6 Å². The number of fused-ring (bicyclic) bond motifs is 2. The van der Waals surface area contributed by atoms with Gasteiger partial charge in [0.2, 0.25) is 11.5 Å². The highest BCUT2D eigenvalue weighted by atomic mass is 16.5. The van der Waals surface area contributed by atoms with Crippen LogP contribution in [0.3, 0.4) is 0 Å². The summed E-state index contributed by atoms with van der Waals surface area (Å²) in [6.07, 6.45) is 25.5. The molecule has 3 rings (SSSR count). The maximum absolute atomic E-state index is 15.6. The lowest BCUT2D eigenvalue weighted by molar-refractivity contribution is 0.0968. The van der Waals surface area contributed by atoms with E-state index in [0.717, 1.165) is 103 Å². The van der Waals surface area contributed by atoms with Crippen molar-refractivity contribution in [3.8, 4) is 34.5 Å². The highest BCUT2D eigenvalue weighted by Gasteiger charge is 2.41. The van der Waals surface area contributed by atoms with Crippen molar-refractivity contribution < 1.29 is 38.0 Å². The predicted octanol–water partition coefficient (Wildman–Crippen LogP) is 19.3. The monoisotopic (exact) mass is 1030 g/mol. The van der Waals surface area contributed by atoms with E-state index in [9.17, 15) is 0 Å². The number of hydrogen-bond donors (Lipinski definition) is 0. The lowest BCUT2D eigenvalue weighted by Crippen LogP contribution is -2.25. The molecule has 4 unspecified atom stereocenters. The Labute approximate surface area is 454 Å². The highest BCUT2D eigenvalue weighted by Crippen LogP contribution is 2.51. The van der Waals surface area contributed by atoms with E-state index in [2.05, 4.69) is 96.9 Å². The number of ether oxygens (including phenoxy) is 6. The molecule has 424 valence electrons. The van der Waals surface area contributed by atoms with Crippen LogP contribution < -0.4 is 28.4 Å². The fourth-order valence-electron chi connectivity index (χ4n) is 10.0. The maximum Gasteiger partial charge on any atom is 0.204 e. The van der Waals surface area contributed by atoms with Crippen LogP contribution in [0.15, 0.2) is 12.1 Å². The summed E-state index contributed by atoms with van der Waals surface area (Å²) in [5, 5.41) is 0. The van der Waals surface area contributed by atoms with Crippen molar-refractivity contribution in [2.75, 3.05) is 39.6 Å². The molecule has 74 heavy (non-hydrogen) atoms. The Morgan fingerprint density at radius 3 is 0.878 bits per heavy atom. The zero-order chi connectivity index (χ0) is 54.4. The summed E-state index contributed by atoms with van der Waals surface area (Å²) in [6.45, 7) is 34.4. The average Bonchev–Trinajstić information content (AvgIpc) is 3.33. The van der Waals surface area contributed by atoms with Gasteiger partial charge in [0.05, 0.1) is 50.8 Å². The van der Waals surface area contributed by atoms with Gasteiger partial charge in [-0.25, -0.2) is 0 Å². The van der Waals surface area contributed by atoms with Gasteiger partial charge in [0.15, 0.2) is 34.6 Å². The first-order valence-electron chi connectivity index (χ1n) is 30.8. The van der Waals surface area contributed by atoms with Gasteiger partial charge in [0.1, 0.15) is 0 Å². The molecule has 8 heteroatoms. The molecule has 0 amide bonds. The second-order valence-electron chi connectivity index (χ2n) is 24.7. The maximum atomic E-state index is 15.6. The van der Waals surface area contributed by atoms with Crippen LogP contribution in [0.5, 0.6) is 34.5 Å². The molecule has 2 aromatic carbocycles. The molecule has 4 atom stereocenters. The third kappa shape index (κ3) is 23.9. The molecule has 0 heterocycles. The molecule has 2 aromatic rings. The number of carbonyl (C=O) groups is 2. The molecule has 8 nitrogen and oxygen atoms in total. The third-order valence-electron chi connectivity index (χ3n) is 15.2. The van der Waals surface area contributed by atoms with Gasteiger partial charge in [-0.15, -0.1) is 0 Å². The van der Waals surface area contributed by atoms with Crippen LogP contribution in [0.1, 0.15) is 283 Å². The second kappa shape index (κ2) is 36.6. The van der Waals surface area contributed by atoms with Crippen molar-refractivity contribution in [2.45, 2.75) is 251 Å². The quantitative estimate of drug-likeness (QED) is 0.0518. The SMILES string of the molecule is CCCCCCOc1c(OCCC(C)CCCC(C)C)c(OCCC(C)CCCC(C)C)cc2c1C(=O)c1cc(OCCC(C)CCCC(C)C)c(OCCC(C)CCCC(C)C)c(OCCCCCC)c1C2=O. The standard InChI is InChI=1S/C66H112O8/c1-15-17-19-21-39-71-65-59-55(45-57(69-41-35-51(11)31-23-27-47(3)4)63(65)73-43-37-53(13)33-25-29-49(7)8)62(68)60-56(61(59)67)46-58(70-42-36-52(12)32-24-28-48(5)6)64(66(60)72-40-22-20-18-16-2)74-44-38-54(14)34-26-30-50(9)10/h45-54H,15-44H2,1-14H3. The third-order valence-corrected chi connectivity index (χ3v) is 15.2. The van der Waals surface area contributed by atoms with Gasteiger partial charge < -0.3 is 28.4 Å². The van der Waals surface area contributed by atoms with Gasteiger partial charge in [0.25, 0.3) is 0 Å². The Bertz CT molecular complexity index is 1730. The normalized spacial score (nSPS) is 14.1. The molecule has 0 saturated heterocycles.